The van der Waals surface area contributed by atoms with Crippen molar-refractivity contribution in [2.45, 2.75) is 6.92 Å². The number of nitrogens with zero attached hydrogens (tertiary/aromatic N) is 1. The summed E-state index contributed by atoms with van der Waals surface area (Å²) in [6.07, 6.45) is 0. The van der Waals surface area contributed by atoms with E-state index < -0.39 is 11.9 Å². The second-order valence-corrected chi connectivity index (χ2v) is 3.75. The Kier molecular flexibility index (Phi) is 5.66. The number of carboxylic acids is 1. The molecule has 1 rings (SSSR count). The van der Waals surface area contributed by atoms with Gasteiger partial charge in [-0.05, 0) is 31.2 Å². The average Bonchev–Trinajstić information content (AvgIpc) is 2.38. The molecule has 0 aliphatic heterocycles. The normalized spacial score (nSPS) is 9.79. The molecule has 0 amide bonds. The average molecular weight is 267 g/mol. The number of ether oxygens (including phenoxy) is 2. The third-order valence-electron chi connectivity index (χ3n) is 2.39. The predicted molar refractivity (Wildman–Crippen MR) is 69.5 cm³/mol. The number of methoxy groups -OCH3 is 1. The number of aliphatic carboxylic acids is 1. The van der Waals surface area contributed by atoms with Crippen molar-refractivity contribution in [1.82, 2.24) is 0 Å². The standard InChI is InChI=1S/C13H17NO5/c1-3-19-13(17)9-14(8-12(15)16)10-4-6-11(18-2)7-5-10/h4-7H,3,8-9H2,1-2H3,(H,15,16). The van der Waals surface area contributed by atoms with Gasteiger partial charge >= 0.3 is 11.9 Å². The first-order chi connectivity index (χ1) is 9.06. The van der Waals surface area contributed by atoms with Gasteiger partial charge in [0.25, 0.3) is 0 Å². The number of benzene rings is 1. The molecule has 19 heavy (non-hydrogen) atoms. The Hall–Kier alpha value is -2.24. The summed E-state index contributed by atoms with van der Waals surface area (Å²) in [7, 11) is 1.54. The van der Waals surface area contributed by atoms with Crippen LogP contribution in [0.5, 0.6) is 5.75 Å². The van der Waals surface area contributed by atoms with Gasteiger partial charge < -0.3 is 19.5 Å². The summed E-state index contributed by atoms with van der Waals surface area (Å²) < 4.78 is 9.85. The Morgan fingerprint density at radius 3 is 2.32 bits per heavy atom. The Balaban J connectivity index is 2.82. The molecule has 0 spiro atoms. The lowest BCUT2D eigenvalue weighted by molar-refractivity contribution is -0.141. The topological polar surface area (TPSA) is 76.1 Å². The highest BCUT2D eigenvalue weighted by Gasteiger charge is 2.15. The second-order valence-electron chi connectivity index (χ2n) is 3.75. The maximum Gasteiger partial charge on any atom is 0.325 e. The Bertz CT molecular complexity index is 429. The fraction of sp³-hybridized carbons (Fsp3) is 0.385. The van der Waals surface area contributed by atoms with Crippen LogP contribution in [-0.2, 0) is 14.3 Å². The highest BCUT2D eigenvalue weighted by Crippen LogP contribution is 2.19. The van der Waals surface area contributed by atoms with Crippen LogP contribution < -0.4 is 9.64 Å². The monoisotopic (exact) mass is 267 g/mol. The maximum atomic E-state index is 11.4. The zero-order valence-electron chi connectivity index (χ0n) is 11.0. The first kappa shape index (κ1) is 14.8. The van der Waals surface area contributed by atoms with E-state index in [0.29, 0.717) is 11.4 Å². The zero-order valence-corrected chi connectivity index (χ0v) is 11.0. The van der Waals surface area contributed by atoms with Crippen LogP contribution in [0.4, 0.5) is 5.69 Å². The number of carbonyl (C=O) groups excluding carboxylic acids is 1. The summed E-state index contributed by atoms with van der Waals surface area (Å²) in [6, 6.07) is 6.80. The van der Waals surface area contributed by atoms with Crippen molar-refractivity contribution in [2.24, 2.45) is 0 Å². The molecule has 0 saturated heterocycles. The van der Waals surface area contributed by atoms with Gasteiger partial charge in [-0.3, -0.25) is 9.59 Å². The molecule has 6 heteroatoms. The number of carboxylic acid groups (broad SMARTS) is 1. The highest BCUT2D eigenvalue weighted by atomic mass is 16.5. The number of esters is 1. The molecule has 0 heterocycles. The molecule has 0 saturated carbocycles. The molecule has 1 N–H and O–H groups in total. The van der Waals surface area contributed by atoms with Gasteiger partial charge in [-0.2, -0.15) is 0 Å². The summed E-state index contributed by atoms with van der Waals surface area (Å²) in [5.41, 5.74) is 0.622. The smallest absolute Gasteiger partial charge is 0.325 e. The number of rotatable bonds is 7. The van der Waals surface area contributed by atoms with Gasteiger partial charge in [0, 0.05) is 5.69 Å². The molecule has 1 aromatic carbocycles. The molecule has 0 atom stereocenters. The predicted octanol–water partition coefficient (Wildman–Crippen LogP) is 1.15. The number of carbonyl (C=O) groups is 2. The number of anilines is 1. The quantitative estimate of drug-likeness (QED) is 0.747. The van der Waals surface area contributed by atoms with E-state index in [1.165, 1.54) is 4.90 Å². The van der Waals surface area contributed by atoms with Crippen molar-refractivity contribution in [3.05, 3.63) is 24.3 Å². The molecule has 0 aliphatic carbocycles. The summed E-state index contributed by atoms with van der Waals surface area (Å²) in [6.45, 7) is 1.59. The third-order valence-corrected chi connectivity index (χ3v) is 2.39. The van der Waals surface area contributed by atoms with Gasteiger partial charge in [-0.1, -0.05) is 0 Å². The van der Waals surface area contributed by atoms with Crippen LogP contribution in [0, 0.1) is 0 Å². The molecule has 0 unspecified atom stereocenters. The first-order valence-corrected chi connectivity index (χ1v) is 5.83. The van der Waals surface area contributed by atoms with Crippen LogP contribution in [-0.4, -0.2) is 43.9 Å². The van der Waals surface area contributed by atoms with Gasteiger partial charge in [0.05, 0.1) is 13.7 Å². The van der Waals surface area contributed by atoms with E-state index in [1.807, 2.05) is 0 Å². The summed E-state index contributed by atoms with van der Waals surface area (Å²) >= 11 is 0. The Morgan fingerprint density at radius 2 is 1.84 bits per heavy atom. The third kappa shape index (κ3) is 4.87. The van der Waals surface area contributed by atoms with E-state index in [2.05, 4.69) is 0 Å². The minimum Gasteiger partial charge on any atom is -0.497 e. The Labute approximate surface area is 111 Å². The van der Waals surface area contributed by atoms with Crippen molar-refractivity contribution in [2.75, 3.05) is 31.7 Å². The van der Waals surface area contributed by atoms with Gasteiger partial charge in [-0.25, -0.2) is 0 Å². The Morgan fingerprint density at radius 1 is 1.21 bits per heavy atom. The molecule has 0 aromatic heterocycles. The maximum absolute atomic E-state index is 11.4. The number of hydrogen-bond donors (Lipinski definition) is 1. The largest absolute Gasteiger partial charge is 0.497 e. The molecule has 6 nitrogen and oxygen atoms in total. The molecule has 0 fully saturated rings. The van der Waals surface area contributed by atoms with Crippen molar-refractivity contribution in [3.63, 3.8) is 0 Å². The van der Waals surface area contributed by atoms with Crippen LogP contribution in [0.25, 0.3) is 0 Å². The van der Waals surface area contributed by atoms with E-state index in [9.17, 15) is 9.59 Å². The SMILES string of the molecule is CCOC(=O)CN(CC(=O)O)c1ccc(OC)cc1. The summed E-state index contributed by atoms with van der Waals surface area (Å²) in [5.74, 6) is -0.810. The van der Waals surface area contributed by atoms with E-state index in [1.54, 1.807) is 38.3 Å². The first-order valence-electron chi connectivity index (χ1n) is 5.83. The van der Waals surface area contributed by atoms with Crippen LogP contribution in [0.1, 0.15) is 6.92 Å². The van der Waals surface area contributed by atoms with Crippen molar-refractivity contribution < 1.29 is 24.2 Å². The molecular formula is C13H17NO5. The zero-order chi connectivity index (χ0) is 14.3. The molecule has 0 aliphatic rings. The second kappa shape index (κ2) is 7.25. The molecular weight excluding hydrogens is 250 g/mol. The highest BCUT2D eigenvalue weighted by molar-refractivity contribution is 5.80. The lowest BCUT2D eigenvalue weighted by atomic mass is 10.2. The van der Waals surface area contributed by atoms with Gasteiger partial charge in [0.2, 0.25) is 0 Å². The van der Waals surface area contributed by atoms with E-state index >= 15 is 0 Å². The fourth-order valence-corrected chi connectivity index (χ4v) is 1.56. The van der Waals surface area contributed by atoms with Gasteiger partial charge in [0.15, 0.2) is 0 Å². The molecule has 0 radical (unpaired) electrons. The molecule has 104 valence electrons. The van der Waals surface area contributed by atoms with Crippen molar-refractivity contribution >= 4 is 17.6 Å². The minimum atomic E-state index is -1.01. The van der Waals surface area contributed by atoms with Crippen LogP contribution in [0.3, 0.4) is 0 Å². The molecule has 1 aromatic rings. The summed E-state index contributed by atoms with van der Waals surface area (Å²) in [4.78, 5) is 23.7. The van der Waals surface area contributed by atoms with Crippen molar-refractivity contribution in [1.29, 1.82) is 0 Å². The van der Waals surface area contributed by atoms with E-state index in [0.717, 1.165) is 0 Å². The van der Waals surface area contributed by atoms with Crippen LogP contribution in [0.2, 0.25) is 0 Å². The van der Waals surface area contributed by atoms with Gasteiger partial charge in [0.1, 0.15) is 18.8 Å². The lowest BCUT2D eigenvalue weighted by Crippen LogP contribution is -2.35. The van der Waals surface area contributed by atoms with Crippen LogP contribution >= 0.6 is 0 Å². The van der Waals surface area contributed by atoms with Gasteiger partial charge in [-0.15, -0.1) is 0 Å². The number of hydrogen-bond acceptors (Lipinski definition) is 5. The summed E-state index contributed by atoms with van der Waals surface area (Å²) in [5, 5.41) is 8.87. The van der Waals surface area contributed by atoms with Crippen LogP contribution in [0.15, 0.2) is 24.3 Å². The fourth-order valence-electron chi connectivity index (χ4n) is 1.56. The minimum absolute atomic E-state index is 0.105. The lowest BCUT2D eigenvalue weighted by Gasteiger charge is -2.21. The van der Waals surface area contributed by atoms with Crippen molar-refractivity contribution in [3.8, 4) is 5.75 Å². The van der Waals surface area contributed by atoms with E-state index in [-0.39, 0.29) is 19.7 Å². The molecule has 0 bridgehead atoms. The van der Waals surface area contributed by atoms with E-state index in [4.69, 9.17) is 14.6 Å².